The second kappa shape index (κ2) is 1.02. The van der Waals surface area contributed by atoms with Crippen LogP contribution in [0.5, 0.6) is 0 Å². The van der Waals surface area contributed by atoms with E-state index in [-0.39, 0.29) is 0 Å². The van der Waals surface area contributed by atoms with E-state index in [1.165, 1.54) is 0 Å². The van der Waals surface area contributed by atoms with E-state index in [0.717, 1.165) is 6.42 Å². The Morgan fingerprint density at radius 3 is 2.20 bits per heavy atom. The van der Waals surface area contributed by atoms with Gasteiger partial charge in [0.1, 0.15) is 0 Å². The minimum Gasteiger partial charge on any atom is -0.118 e. The Morgan fingerprint density at radius 2 is 2.20 bits per heavy atom. The van der Waals surface area contributed by atoms with Crippen molar-refractivity contribution < 1.29 is 0 Å². The number of hydrogen-bond acceptors (Lipinski definition) is 0. The van der Waals surface area contributed by atoms with Crippen LogP contribution < -0.4 is 0 Å². The van der Waals surface area contributed by atoms with Gasteiger partial charge in [0.25, 0.3) is 0 Å². The Hall–Kier alpha value is 0.0300. The fourth-order valence-electron chi connectivity index (χ4n) is 0.239. The lowest BCUT2D eigenvalue weighted by atomic mass is 10.1. The Kier molecular flexibility index (Phi) is 0.657. The van der Waals surface area contributed by atoms with Crippen LogP contribution in [0.4, 0.5) is 0 Å². The third-order valence-electron chi connectivity index (χ3n) is 0.706. The van der Waals surface area contributed by atoms with Crippen LogP contribution in [0.1, 0.15) is 6.42 Å². The highest BCUT2D eigenvalue weighted by Crippen LogP contribution is 2.13. The van der Waals surface area contributed by atoms with Gasteiger partial charge in [-0.1, -0.05) is 12.2 Å². The van der Waals surface area contributed by atoms with Crippen molar-refractivity contribution in [3.8, 4) is 0 Å². The predicted octanol–water partition coefficient (Wildman–Crippen LogP) is 1.55. The first-order chi connectivity index (χ1) is 2.39. The minimum atomic E-state index is 0.356. The van der Waals surface area contributed by atoms with Gasteiger partial charge in [0.15, 0.2) is 0 Å². The molecule has 1 heteroatoms. The average molecular weight is 88.5 g/mol. The van der Waals surface area contributed by atoms with Crippen LogP contribution in [0.3, 0.4) is 0 Å². The van der Waals surface area contributed by atoms with E-state index < -0.39 is 0 Å². The molecule has 1 atom stereocenters. The highest BCUT2D eigenvalue weighted by atomic mass is 35.5. The molecule has 1 aliphatic carbocycles. The molecule has 28 valence electrons. The molecule has 5 heavy (non-hydrogen) atoms. The molecule has 0 spiro atoms. The van der Waals surface area contributed by atoms with E-state index in [1.807, 2.05) is 6.08 Å². The zero-order valence-corrected chi connectivity index (χ0v) is 3.57. The van der Waals surface area contributed by atoms with Gasteiger partial charge in [-0.3, -0.25) is 0 Å². The van der Waals surface area contributed by atoms with Crippen molar-refractivity contribution in [2.75, 3.05) is 0 Å². The fraction of sp³-hybridized carbons (Fsp3) is 0.500. The Labute approximate surface area is 36.4 Å². The summed E-state index contributed by atoms with van der Waals surface area (Å²) in [5.74, 6) is 0. The van der Waals surface area contributed by atoms with Gasteiger partial charge in [-0.25, -0.2) is 0 Å². The molecule has 0 saturated heterocycles. The molecular formula is C4H5Cl. The first-order valence-electron chi connectivity index (χ1n) is 1.70. The van der Waals surface area contributed by atoms with Crippen LogP contribution in [0, 0.1) is 0 Å². The monoisotopic (exact) mass is 88.0 g/mol. The predicted molar refractivity (Wildman–Crippen MR) is 23.4 cm³/mol. The molecule has 0 heterocycles. The van der Waals surface area contributed by atoms with Crippen molar-refractivity contribution >= 4 is 11.6 Å². The van der Waals surface area contributed by atoms with Crippen LogP contribution in [-0.4, -0.2) is 5.38 Å². The van der Waals surface area contributed by atoms with E-state index in [0.29, 0.717) is 5.38 Å². The molecule has 0 radical (unpaired) electrons. The van der Waals surface area contributed by atoms with Gasteiger partial charge < -0.3 is 0 Å². The molecule has 0 aromatic carbocycles. The molecule has 0 saturated carbocycles. The number of halogens is 1. The van der Waals surface area contributed by atoms with Crippen molar-refractivity contribution in [3.05, 3.63) is 12.2 Å². The molecule has 1 aliphatic rings. The van der Waals surface area contributed by atoms with Crippen LogP contribution in [0.15, 0.2) is 12.2 Å². The van der Waals surface area contributed by atoms with E-state index in [9.17, 15) is 0 Å². The smallest absolute Gasteiger partial charge is 0.0550 e. The molecule has 0 aliphatic heterocycles. The zero-order valence-electron chi connectivity index (χ0n) is 2.82. The minimum absolute atomic E-state index is 0.356. The van der Waals surface area contributed by atoms with Gasteiger partial charge >= 0.3 is 0 Å². The number of rotatable bonds is 0. The van der Waals surface area contributed by atoms with Crippen LogP contribution in [-0.2, 0) is 0 Å². The molecule has 0 nitrogen and oxygen atoms in total. The lowest BCUT2D eigenvalue weighted by Gasteiger charge is -2.05. The van der Waals surface area contributed by atoms with Gasteiger partial charge in [-0.15, -0.1) is 11.6 Å². The molecule has 0 fully saturated rings. The molecular weight excluding hydrogens is 83.5 g/mol. The van der Waals surface area contributed by atoms with E-state index >= 15 is 0 Å². The van der Waals surface area contributed by atoms with Crippen LogP contribution in [0.2, 0.25) is 0 Å². The summed E-state index contributed by atoms with van der Waals surface area (Å²) in [5, 5.41) is 0.356. The molecule has 0 aromatic rings. The van der Waals surface area contributed by atoms with Gasteiger partial charge in [-0.2, -0.15) is 0 Å². The zero-order chi connectivity index (χ0) is 3.70. The number of allylic oxidation sites excluding steroid dienone is 2. The van der Waals surface area contributed by atoms with E-state index in [1.54, 1.807) is 0 Å². The third-order valence-corrected chi connectivity index (χ3v) is 1.03. The average Bonchev–Trinajstić information content (AvgIpc) is 1.30. The standard InChI is InChI=1S/C4H5Cl/c5-4-2-1-3-4/h1-2,4H,3H2. The first kappa shape index (κ1) is 3.23. The Morgan fingerprint density at radius 1 is 1.80 bits per heavy atom. The normalized spacial score (nSPS) is 33.4. The fourth-order valence-corrected chi connectivity index (χ4v) is 0.445. The molecule has 1 unspecified atom stereocenters. The van der Waals surface area contributed by atoms with Crippen molar-refractivity contribution in [2.45, 2.75) is 11.8 Å². The molecule has 0 amide bonds. The summed E-state index contributed by atoms with van der Waals surface area (Å²) in [6.07, 6.45) is 5.13. The molecule has 0 N–H and O–H groups in total. The number of alkyl halides is 1. The summed E-state index contributed by atoms with van der Waals surface area (Å²) < 4.78 is 0. The summed E-state index contributed by atoms with van der Waals surface area (Å²) in [7, 11) is 0. The lowest BCUT2D eigenvalue weighted by Crippen LogP contribution is -1.97. The maximum absolute atomic E-state index is 5.46. The van der Waals surface area contributed by atoms with Gasteiger partial charge in [-0.05, 0) is 6.42 Å². The maximum atomic E-state index is 5.46. The topological polar surface area (TPSA) is 0 Å². The summed E-state index contributed by atoms with van der Waals surface area (Å²) >= 11 is 5.46. The second-order valence-corrected chi connectivity index (χ2v) is 1.74. The van der Waals surface area contributed by atoms with Gasteiger partial charge in [0.2, 0.25) is 0 Å². The first-order valence-corrected chi connectivity index (χ1v) is 2.14. The molecule has 0 bridgehead atoms. The van der Waals surface area contributed by atoms with Crippen LogP contribution >= 0.6 is 11.6 Å². The maximum Gasteiger partial charge on any atom is 0.0550 e. The SMILES string of the molecule is ClC1C=CC1. The highest BCUT2D eigenvalue weighted by molar-refractivity contribution is 6.22. The van der Waals surface area contributed by atoms with E-state index in [4.69, 9.17) is 11.6 Å². The molecule has 1 rings (SSSR count). The summed E-state index contributed by atoms with van der Waals surface area (Å²) in [6, 6.07) is 0. The van der Waals surface area contributed by atoms with Crippen LogP contribution in [0.25, 0.3) is 0 Å². The highest BCUT2D eigenvalue weighted by Gasteiger charge is 2.01. The Balaban J connectivity index is 2.39. The van der Waals surface area contributed by atoms with Crippen molar-refractivity contribution in [2.24, 2.45) is 0 Å². The quantitative estimate of drug-likeness (QED) is 0.311. The summed E-state index contributed by atoms with van der Waals surface area (Å²) in [5.41, 5.74) is 0. The number of hydrogen-bond donors (Lipinski definition) is 0. The lowest BCUT2D eigenvalue weighted by molar-refractivity contribution is 0.971. The summed E-state index contributed by atoms with van der Waals surface area (Å²) in [4.78, 5) is 0. The van der Waals surface area contributed by atoms with Crippen molar-refractivity contribution in [1.29, 1.82) is 0 Å². The largest absolute Gasteiger partial charge is 0.118 e. The Bertz CT molecular complexity index is 56.7. The van der Waals surface area contributed by atoms with E-state index in [2.05, 4.69) is 6.08 Å². The summed E-state index contributed by atoms with van der Waals surface area (Å²) in [6.45, 7) is 0. The second-order valence-electron chi connectivity index (χ2n) is 1.18. The van der Waals surface area contributed by atoms with Gasteiger partial charge in [0.05, 0.1) is 5.38 Å². The third kappa shape index (κ3) is 0.457. The molecule has 0 aromatic heterocycles. The van der Waals surface area contributed by atoms with Gasteiger partial charge in [0, 0.05) is 0 Å². The van der Waals surface area contributed by atoms with Crippen molar-refractivity contribution in [3.63, 3.8) is 0 Å². The van der Waals surface area contributed by atoms with Crippen molar-refractivity contribution in [1.82, 2.24) is 0 Å².